The van der Waals surface area contributed by atoms with Gasteiger partial charge in [-0.25, -0.2) is 0 Å². The van der Waals surface area contributed by atoms with Crippen molar-refractivity contribution in [2.45, 2.75) is 58.0 Å². The quantitative estimate of drug-likeness (QED) is 0.766. The maximum Gasteiger partial charge on any atom is 0.118 e. The van der Waals surface area contributed by atoms with Gasteiger partial charge in [-0.05, 0) is 58.5 Å². The van der Waals surface area contributed by atoms with Crippen molar-refractivity contribution in [2.24, 2.45) is 0 Å². The predicted molar refractivity (Wildman–Crippen MR) is 79.3 cm³/mol. The molecule has 3 heteroatoms. The van der Waals surface area contributed by atoms with Crippen LogP contribution in [0.3, 0.4) is 0 Å². The van der Waals surface area contributed by atoms with Crippen LogP contribution in [0, 0.1) is 6.92 Å². The first-order valence-electron chi connectivity index (χ1n) is 7.71. The summed E-state index contributed by atoms with van der Waals surface area (Å²) < 4.78 is 5.60. The largest absolute Gasteiger partial charge is 0.465 e. The van der Waals surface area contributed by atoms with Crippen LogP contribution in [0.15, 0.2) is 16.5 Å². The number of nitrogens with one attached hydrogen (secondary N) is 1. The molecule has 1 N–H and O–H groups in total. The van der Waals surface area contributed by atoms with Crippen molar-refractivity contribution in [1.82, 2.24) is 10.2 Å². The second-order valence-corrected chi connectivity index (χ2v) is 5.89. The highest BCUT2D eigenvalue weighted by Crippen LogP contribution is 2.17. The van der Waals surface area contributed by atoms with E-state index >= 15 is 0 Å². The molecule has 1 aromatic rings. The zero-order valence-electron chi connectivity index (χ0n) is 12.5. The minimum atomic E-state index is 0.784. The van der Waals surface area contributed by atoms with Gasteiger partial charge in [-0.3, -0.25) is 4.90 Å². The molecule has 2 rings (SSSR count). The van der Waals surface area contributed by atoms with E-state index in [0.717, 1.165) is 37.2 Å². The molecule has 19 heavy (non-hydrogen) atoms. The summed E-state index contributed by atoms with van der Waals surface area (Å²) in [4.78, 5) is 2.33. The van der Waals surface area contributed by atoms with Crippen LogP contribution in [0.2, 0.25) is 0 Å². The monoisotopic (exact) mass is 264 g/mol. The van der Waals surface area contributed by atoms with E-state index in [9.17, 15) is 0 Å². The van der Waals surface area contributed by atoms with Crippen molar-refractivity contribution in [2.75, 3.05) is 20.1 Å². The van der Waals surface area contributed by atoms with E-state index in [-0.39, 0.29) is 0 Å². The molecule has 0 aliphatic heterocycles. The Bertz CT molecular complexity index is 355. The summed E-state index contributed by atoms with van der Waals surface area (Å²) in [5, 5.41) is 3.69. The zero-order chi connectivity index (χ0) is 13.5. The fourth-order valence-electron chi connectivity index (χ4n) is 2.88. The Morgan fingerprint density at radius 2 is 2.05 bits per heavy atom. The first-order valence-corrected chi connectivity index (χ1v) is 7.71. The Hall–Kier alpha value is -0.800. The van der Waals surface area contributed by atoms with E-state index in [4.69, 9.17) is 4.42 Å². The fraction of sp³-hybridized carbons (Fsp3) is 0.750. The highest BCUT2D eigenvalue weighted by atomic mass is 16.3. The highest BCUT2D eigenvalue weighted by molar-refractivity contribution is 5.05. The van der Waals surface area contributed by atoms with Gasteiger partial charge in [-0.1, -0.05) is 19.3 Å². The van der Waals surface area contributed by atoms with Crippen molar-refractivity contribution in [3.63, 3.8) is 0 Å². The molecule has 0 atom stereocenters. The van der Waals surface area contributed by atoms with Gasteiger partial charge in [0.25, 0.3) is 0 Å². The Kier molecular flexibility index (Phi) is 5.93. The lowest BCUT2D eigenvalue weighted by Gasteiger charge is -2.23. The molecule has 1 fully saturated rings. The van der Waals surface area contributed by atoms with Gasteiger partial charge in [0.15, 0.2) is 0 Å². The molecular formula is C16H28N2O. The molecule has 1 aliphatic rings. The number of hydrogen-bond donors (Lipinski definition) is 1. The van der Waals surface area contributed by atoms with Crippen molar-refractivity contribution in [1.29, 1.82) is 0 Å². The van der Waals surface area contributed by atoms with Crippen LogP contribution in [-0.2, 0) is 6.54 Å². The molecule has 0 saturated heterocycles. The molecule has 0 radical (unpaired) electrons. The third-order valence-corrected chi connectivity index (χ3v) is 3.98. The van der Waals surface area contributed by atoms with Crippen LogP contribution in [0.4, 0.5) is 0 Å². The van der Waals surface area contributed by atoms with Crippen LogP contribution in [0.5, 0.6) is 0 Å². The van der Waals surface area contributed by atoms with Gasteiger partial charge < -0.3 is 9.73 Å². The average molecular weight is 264 g/mol. The van der Waals surface area contributed by atoms with Gasteiger partial charge in [0.2, 0.25) is 0 Å². The maximum absolute atomic E-state index is 5.60. The summed E-state index contributed by atoms with van der Waals surface area (Å²) >= 11 is 0. The first-order chi connectivity index (χ1) is 9.24. The molecule has 1 heterocycles. The van der Waals surface area contributed by atoms with E-state index < -0.39 is 0 Å². The Morgan fingerprint density at radius 1 is 1.26 bits per heavy atom. The Labute approximate surface area is 117 Å². The second kappa shape index (κ2) is 7.71. The van der Waals surface area contributed by atoms with E-state index in [0.29, 0.717) is 0 Å². The fourth-order valence-corrected chi connectivity index (χ4v) is 2.88. The van der Waals surface area contributed by atoms with E-state index in [2.05, 4.69) is 23.3 Å². The normalized spacial score (nSPS) is 17.2. The third-order valence-electron chi connectivity index (χ3n) is 3.98. The summed E-state index contributed by atoms with van der Waals surface area (Å²) in [7, 11) is 2.17. The third kappa shape index (κ3) is 5.37. The lowest BCUT2D eigenvalue weighted by atomic mass is 9.95. The number of furan rings is 1. The van der Waals surface area contributed by atoms with E-state index in [1.165, 1.54) is 38.5 Å². The van der Waals surface area contributed by atoms with Crippen molar-refractivity contribution in [3.8, 4) is 0 Å². The van der Waals surface area contributed by atoms with Crippen LogP contribution in [-0.4, -0.2) is 31.1 Å². The van der Waals surface area contributed by atoms with Gasteiger partial charge >= 0.3 is 0 Å². The molecule has 108 valence electrons. The molecular weight excluding hydrogens is 236 g/mol. The molecule has 1 aromatic heterocycles. The smallest absolute Gasteiger partial charge is 0.118 e. The van der Waals surface area contributed by atoms with Gasteiger partial charge in [-0.15, -0.1) is 0 Å². The lowest BCUT2D eigenvalue weighted by molar-refractivity contribution is 0.282. The van der Waals surface area contributed by atoms with Crippen LogP contribution >= 0.6 is 0 Å². The molecule has 0 amide bonds. The molecule has 0 unspecified atom stereocenters. The minimum Gasteiger partial charge on any atom is -0.465 e. The first kappa shape index (κ1) is 14.6. The second-order valence-electron chi connectivity index (χ2n) is 5.89. The number of nitrogens with zero attached hydrogens (tertiary/aromatic N) is 1. The maximum atomic E-state index is 5.60. The lowest BCUT2D eigenvalue weighted by Crippen LogP contribution is -2.33. The van der Waals surface area contributed by atoms with E-state index in [1.807, 2.05) is 13.0 Å². The van der Waals surface area contributed by atoms with Crippen molar-refractivity contribution in [3.05, 3.63) is 23.7 Å². The average Bonchev–Trinajstić information content (AvgIpc) is 2.81. The van der Waals surface area contributed by atoms with Crippen molar-refractivity contribution < 1.29 is 4.42 Å². The van der Waals surface area contributed by atoms with Gasteiger partial charge in [0, 0.05) is 6.04 Å². The zero-order valence-corrected chi connectivity index (χ0v) is 12.5. The predicted octanol–water partition coefficient (Wildman–Crippen LogP) is 3.33. The van der Waals surface area contributed by atoms with Gasteiger partial charge in [0.1, 0.15) is 11.5 Å². The van der Waals surface area contributed by atoms with Crippen molar-refractivity contribution >= 4 is 0 Å². The van der Waals surface area contributed by atoms with Crippen LogP contribution < -0.4 is 5.32 Å². The molecule has 0 aromatic carbocycles. The summed E-state index contributed by atoms with van der Waals surface area (Å²) in [6, 6.07) is 4.90. The summed E-state index contributed by atoms with van der Waals surface area (Å²) in [6.07, 6.45) is 8.23. The molecule has 0 spiro atoms. The topological polar surface area (TPSA) is 28.4 Å². The molecule has 1 saturated carbocycles. The summed E-state index contributed by atoms with van der Waals surface area (Å²) in [6.45, 7) is 5.18. The standard InChI is InChI=1S/C16H28N2O/c1-14-9-10-16(19-14)13-18(2)12-6-11-17-15-7-4-3-5-8-15/h9-10,15,17H,3-8,11-13H2,1-2H3. The molecule has 0 bridgehead atoms. The number of aryl methyl sites for hydroxylation is 1. The Morgan fingerprint density at radius 3 is 2.74 bits per heavy atom. The highest BCUT2D eigenvalue weighted by Gasteiger charge is 2.12. The molecule has 3 nitrogen and oxygen atoms in total. The van der Waals surface area contributed by atoms with E-state index in [1.54, 1.807) is 0 Å². The van der Waals surface area contributed by atoms with Crippen LogP contribution in [0.25, 0.3) is 0 Å². The summed E-state index contributed by atoms with van der Waals surface area (Å²) in [5.41, 5.74) is 0. The van der Waals surface area contributed by atoms with Crippen LogP contribution in [0.1, 0.15) is 50.0 Å². The van der Waals surface area contributed by atoms with Gasteiger partial charge in [0.05, 0.1) is 6.54 Å². The Balaban J connectivity index is 1.54. The number of hydrogen-bond acceptors (Lipinski definition) is 3. The van der Waals surface area contributed by atoms with Gasteiger partial charge in [-0.2, -0.15) is 0 Å². The summed E-state index contributed by atoms with van der Waals surface area (Å²) in [5.74, 6) is 2.07. The minimum absolute atomic E-state index is 0.784. The molecule has 1 aliphatic carbocycles. The number of rotatable bonds is 7. The SMILES string of the molecule is Cc1ccc(CN(C)CCCNC2CCCCC2)o1.